The zero-order valence-electron chi connectivity index (χ0n) is 13.3. The van der Waals surface area contributed by atoms with Crippen molar-refractivity contribution in [2.24, 2.45) is 0 Å². The highest BCUT2D eigenvalue weighted by Gasteiger charge is 2.15. The summed E-state index contributed by atoms with van der Waals surface area (Å²) in [6.07, 6.45) is 6.52. The number of aromatic nitrogens is 2. The van der Waals surface area contributed by atoms with Gasteiger partial charge < -0.3 is 4.90 Å². The van der Waals surface area contributed by atoms with Gasteiger partial charge in [-0.3, -0.25) is 9.78 Å². The van der Waals surface area contributed by atoms with Gasteiger partial charge in [0.25, 0.3) is 0 Å². The third-order valence-electron chi connectivity index (χ3n) is 3.73. The molecule has 122 valence electrons. The van der Waals surface area contributed by atoms with E-state index in [0.717, 1.165) is 16.1 Å². The lowest BCUT2D eigenvalue weighted by atomic mass is 10.1. The number of thiazole rings is 1. The Hall–Kier alpha value is -2.53. The normalized spacial score (nSPS) is 10.5. The maximum atomic E-state index is 12.7. The number of aryl methyl sites for hydroxylation is 1. The molecule has 0 aliphatic rings. The SMILES string of the molecule is O=C(CCc1cccnc1)N(Cc1ccccc1)Cc1nccs1. The summed E-state index contributed by atoms with van der Waals surface area (Å²) in [7, 11) is 0. The minimum atomic E-state index is 0.137. The molecule has 0 radical (unpaired) electrons. The van der Waals surface area contributed by atoms with Crippen molar-refractivity contribution in [3.63, 3.8) is 0 Å². The smallest absolute Gasteiger partial charge is 0.223 e. The molecule has 0 saturated carbocycles. The number of carbonyl (C=O) groups is 1. The predicted molar refractivity (Wildman–Crippen MR) is 95.4 cm³/mol. The quantitative estimate of drug-likeness (QED) is 0.660. The van der Waals surface area contributed by atoms with Gasteiger partial charge in [-0.1, -0.05) is 36.4 Å². The molecule has 24 heavy (non-hydrogen) atoms. The van der Waals surface area contributed by atoms with Crippen molar-refractivity contribution < 1.29 is 4.79 Å². The van der Waals surface area contributed by atoms with Gasteiger partial charge in [-0.25, -0.2) is 4.98 Å². The Labute approximate surface area is 145 Å². The number of pyridine rings is 1. The molecule has 0 N–H and O–H groups in total. The van der Waals surface area contributed by atoms with E-state index in [-0.39, 0.29) is 5.91 Å². The highest BCUT2D eigenvalue weighted by Crippen LogP contribution is 2.14. The molecule has 0 aliphatic heterocycles. The van der Waals surface area contributed by atoms with Crippen LogP contribution in [0.2, 0.25) is 0 Å². The van der Waals surface area contributed by atoms with Crippen LogP contribution >= 0.6 is 11.3 Å². The van der Waals surface area contributed by atoms with E-state index in [1.165, 1.54) is 0 Å². The van der Waals surface area contributed by atoms with E-state index in [4.69, 9.17) is 0 Å². The molecule has 1 amide bonds. The van der Waals surface area contributed by atoms with Gasteiger partial charge in [-0.05, 0) is 23.6 Å². The molecule has 2 aromatic heterocycles. The second-order valence-corrected chi connectivity index (χ2v) is 6.50. The van der Waals surface area contributed by atoms with Crippen molar-refractivity contribution >= 4 is 17.2 Å². The minimum absolute atomic E-state index is 0.137. The first kappa shape index (κ1) is 16.3. The molecule has 4 nitrogen and oxygen atoms in total. The standard InChI is InChI=1S/C19H19N3OS/c23-19(9-8-16-7-4-10-20-13-16)22(15-18-21-11-12-24-18)14-17-5-2-1-3-6-17/h1-7,10-13H,8-9,14-15H2. The van der Waals surface area contributed by atoms with E-state index in [0.29, 0.717) is 25.9 Å². The summed E-state index contributed by atoms with van der Waals surface area (Å²) >= 11 is 1.58. The van der Waals surface area contributed by atoms with Crippen LogP contribution in [0.15, 0.2) is 66.4 Å². The summed E-state index contributed by atoms with van der Waals surface area (Å²) in [5.74, 6) is 0.137. The Morgan fingerprint density at radius 2 is 1.83 bits per heavy atom. The Bertz CT molecular complexity index is 745. The summed E-state index contributed by atoms with van der Waals surface area (Å²) in [6, 6.07) is 14.0. The van der Waals surface area contributed by atoms with Crippen LogP contribution in [-0.4, -0.2) is 20.8 Å². The number of rotatable bonds is 7. The van der Waals surface area contributed by atoms with Gasteiger partial charge in [0.15, 0.2) is 0 Å². The third-order valence-corrected chi connectivity index (χ3v) is 4.49. The number of benzene rings is 1. The minimum Gasteiger partial charge on any atom is -0.332 e. The van der Waals surface area contributed by atoms with Gasteiger partial charge in [-0.2, -0.15) is 0 Å². The second-order valence-electron chi connectivity index (χ2n) is 5.52. The topological polar surface area (TPSA) is 46.1 Å². The lowest BCUT2D eigenvalue weighted by molar-refractivity contribution is -0.132. The summed E-state index contributed by atoms with van der Waals surface area (Å²) in [5, 5.41) is 2.90. The summed E-state index contributed by atoms with van der Waals surface area (Å²) in [4.78, 5) is 23.0. The number of carbonyl (C=O) groups excluding carboxylic acids is 1. The van der Waals surface area contributed by atoms with Crippen molar-refractivity contribution in [3.8, 4) is 0 Å². The Morgan fingerprint density at radius 3 is 2.54 bits per heavy atom. The largest absolute Gasteiger partial charge is 0.332 e. The van der Waals surface area contributed by atoms with Crippen LogP contribution in [0.25, 0.3) is 0 Å². The van der Waals surface area contributed by atoms with E-state index in [2.05, 4.69) is 9.97 Å². The zero-order valence-corrected chi connectivity index (χ0v) is 14.2. The summed E-state index contributed by atoms with van der Waals surface area (Å²) in [5.41, 5.74) is 2.21. The first-order valence-electron chi connectivity index (χ1n) is 7.90. The van der Waals surface area contributed by atoms with E-state index >= 15 is 0 Å². The number of hydrogen-bond acceptors (Lipinski definition) is 4. The Morgan fingerprint density at radius 1 is 1.00 bits per heavy atom. The highest BCUT2D eigenvalue weighted by atomic mass is 32.1. The average Bonchev–Trinajstić information content (AvgIpc) is 3.14. The molecule has 2 heterocycles. The fourth-order valence-corrected chi connectivity index (χ4v) is 3.12. The molecule has 0 bridgehead atoms. The van der Waals surface area contributed by atoms with Crippen LogP contribution < -0.4 is 0 Å². The summed E-state index contributed by atoms with van der Waals surface area (Å²) in [6.45, 7) is 1.16. The van der Waals surface area contributed by atoms with Crippen molar-refractivity contribution in [2.45, 2.75) is 25.9 Å². The lowest BCUT2D eigenvalue weighted by Crippen LogP contribution is -2.30. The lowest BCUT2D eigenvalue weighted by Gasteiger charge is -2.22. The first-order valence-corrected chi connectivity index (χ1v) is 8.78. The number of amides is 1. The van der Waals surface area contributed by atoms with Crippen LogP contribution in [0.4, 0.5) is 0 Å². The molecule has 3 aromatic rings. The molecule has 0 spiro atoms. The molecule has 5 heteroatoms. The highest BCUT2D eigenvalue weighted by molar-refractivity contribution is 7.09. The molecule has 0 aliphatic carbocycles. The maximum Gasteiger partial charge on any atom is 0.223 e. The molecule has 0 unspecified atom stereocenters. The van der Waals surface area contributed by atoms with Crippen molar-refractivity contribution in [2.75, 3.05) is 0 Å². The fourth-order valence-electron chi connectivity index (χ4n) is 2.49. The van der Waals surface area contributed by atoms with Gasteiger partial charge in [0.05, 0.1) is 6.54 Å². The molecular formula is C19H19N3OS. The molecule has 0 saturated heterocycles. The van der Waals surface area contributed by atoms with Crippen molar-refractivity contribution in [3.05, 3.63) is 82.6 Å². The van der Waals surface area contributed by atoms with Gasteiger partial charge in [0, 0.05) is 36.9 Å². The van der Waals surface area contributed by atoms with Gasteiger partial charge in [0.2, 0.25) is 5.91 Å². The van der Waals surface area contributed by atoms with Crippen LogP contribution in [0.5, 0.6) is 0 Å². The Kier molecular flexibility index (Phi) is 5.69. The molecule has 3 rings (SSSR count). The van der Waals surface area contributed by atoms with Crippen LogP contribution in [-0.2, 0) is 24.3 Å². The second kappa shape index (κ2) is 8.36. The molecule has 0 atom stereocenters. The summed E-state index contributed by atoms with van der Waals surface area (Å²) < 4.78 is 0. The fraction of sp³-hybridized carbons (Fsp3) is 0.211. The molecule has 0 fully saturated rings. The monoisotopic (exact) mass is 337 g/mol. The average molecular weight is 337 g/mol. The molecule has 1 aromatic carbocycles. The predicted octanol–water partition coefficient (Wildman–Crippen LogP) is 3.70. The van der Waals surface area contributed by atoms with E-state index in [1.54, 1.807) is 23.7 Å². The van der Waals surface area contributed by atoms with Crippen molar-refractivity contribution in [1.29, 1.82) is 0 Å². The van der Waals surface area contributed by atoms with Crippen LogP contribution in [0.3, 0.4) is 0 Å². The molecular weight excluding hydrogens is 318 g/mol. The van der Waals surface area contributed by atoms with Crippen molar-refractivity contribution in [1.82, 2.24) is 14.9 Å². The van der Waals surface area contributed by atoms with Gasteiger partial charge in [-0.15, -0.1) is 11.3 Å². The third kappa shape index (κ3) is 4.73. The zero-order chi connectivity index (χ0) is 16.6. The first-order chi connectivity index (χ1) is 11.8. The Balaban J connectivity index is 1.67. The van der Waals surface area contributed by atoms with Gasteiger partial charge >= 0.3 is 0 Å². The number of hydrogen-bond donors (Lipinski definition) is 0. The number of nitrogens with zero attached hydrogens (tertiary/aromatic N) is 3. The maximum absolute atomic E-state index is 12.7. The van der Waals surface area contributed by atoms with Gasteiger partial charge in [0.1, 0.15) is 5.01 Å². The van der Waals surface area contributed by atoms with E-state index in [9.17, 15) is 4.79 Å². The van der Waals surface area contributed by atoms with E-state index in [1.807, 2.05) is 58.9 Å². The van der Waals surface area contributed by atoms with Crippen LogP contribution in [0.1, 0.15) is 22.6 Å². The van der Waals surface area contributed by atoms with E-state index < -0.39 is 0 Å². The van der Waals surface area contributed by atoms with Crippen LogP contribution in [0, 0.1) is 0 Å².